The number of rotatable bonds is 8. The van der Waals surface area contributed by atoms with Gasteiger partial charge in [0.1, 0.15) is 0 Å². The maximum atomic E-state index is 12.4. The predicted octanol–water partition coefficient (Wildman–Crippen LogP) is 0.737. The first-order valence-electron chi connectivity index (χ1n) is 8.13. The van der Waals surface area contributed by atoms with Crippen molar-refractivity contribution < 1.29 is 22.7 Å². The first-order valence-corrected chi connectivity index (χ1v) is 9.78. The molecule has 134 valence electrons. The Labute approximate surface area is 142 Å². The fraction of sp³-hybridized carbons (Fsp3) is 0.562. The molecule has 1 aliphatic rings. The Kier molecular flexibility index (Phi) is 6.86. The Balaban J connectivity index is 1.93. The zero-order chi connectivity index (χ0) is 17.4. The van der Waals surface area contributed by atoms with Gasteiger partial charge >= 0.3 is 0 Å². The summed E-state index contributed by atoms with van der Waals surface area (Å²) in [5.41, 5.74) is 0. The van der Waals surface area contributed by atoms with E-state index in [1.165, 1.54) is 12.1 Å². The minimum absolute atomic E-state index is 0.0666. The van der Waals surface area contributed by atoms with E-state index in [2.05, 4.69) is 10.6 Å². The molecule has 2 N–H and O–H groups in total. The first kappa shape index (κ1) is 18.5. The van der Waals surface area contributed by atoms with Gasteiger partial charge < -0.3 is 20.1 Å². The molecule has 0 saturated heterocycles. The van der Waals surface area contributed by atoms with Crippen LogP contribution in [-0.4, -0.2) is 52.9 Å². The van der Waals surface area contributed by atoms with E-state index in [1.54, 1.807) is 6.07 Å². The summed E-state index contributed by atoms with van der Waals surface area (Å²) < 4.78 is 35.8. The van der Waals surface area contributed by atoms with E-state index in [9.17, 15) is 13.2 Å². The lowest BCUT2D eigenvalue weighted by Gasteiger charge is -2.10. The van der Waals surface area contributed by atoms with Gasteiger partial charge in [-0.2, -0.15) is 0 Å². The van der Waals surface area contributed by atoms with Crippen LogP contribution in [0.15, 0.2) is 23.1 Å². The number of amides is 1. The van der Waals surface area contributed by atoms with Crippen molar-refractivity contribution in [3.05, 3.63) is 18.2 Å². The van der Waals surface area contributed by atoms with Crippen molar-refractivity contribution in [1.29, 1.82) is 0 Å². The predicted molar refractivity (Wildman–Crippen MR) is 90.3 cm³/mol. The summed E-state index contributed by atoms with van der Waals surface area (Å²) in [5, 5.41) is 5.77. The fourth-order valence-electron chi connectivity index (χ4n) is 2.24. The molecule has 2 rings (SSSR count). The SMILES string of the molecule is CCNCCNC(=O)CCS(=O)(=O)c1ccc2c(c1)OCCCO2. The molecular weight excluding hydrogens is 332 g/mol. The topological polar surface area (TPSA) is 93.7 Å². The molecule has 1 aliphatic heterocycles. The molecule has 0 aromatic heterocycles. The molecule has 1 heterocycles. The highest BCUT2D eigenvalue weighted by Crippen LogP contribution is 2.32. The van der Waals surface area contributed by atoms with E-state index < -0.39 is 9.84 Å². The number of carbonyl (C=O) groups is 1. The molecule has 24 heavy (non-hydrogen) atoms. The monoisotopic (exact) mass is 356 g/mol. The van der Waals surface area contributed by atoms with E-state index in [1.807, 2.05) is 6.92 Å². The van der Waals surface area contributed by atoms with E-state index in [4.69, 9.17) is 9.47 Å². The Bertz CT molecular complexity index is 660. The molecule has 1 aromatic rings. The van der Waals surface area contributed by atoms with Crippen molar-refractivity contribution in [1.82, 2.24) is 10.6 Å². The maximum Gasteiger partial charge on any atom is 0.221 e. The zero-order valence-electron chi connectivity index (χ0n) is 13.8. The zero-order valence-corrected chi connectivity index (χ0v) is 14.7. The minimum atomic E-state index is -3.55. The summed E-state index contributed by atoms with van der Waals surface area (Å²) >= 11 is 0. The molecule has 0 fully saturated rings. The largest absolute Gasteiger partial charge is 0.490 e. The lowest BCUT2D eigenvalue weighted by atomic mass is 10.3. The van der Waals surface area contributed by atoms with Crippen LogP contribution < -0.4 is 20.1 Å². The van der Waals surface area contributed by atoms with Gasteiger partial charge in [0.25, 0.3) is 0 Å². The second kappa shape index (κ2) is 8.89. The van der Waals surface area contributed by atoms with E-state index in [0.29, 0.717) is 37.8 Å². The van der Waals surface area contributed by atoms with Crippen LogP contribution in [-0.2, 0) is 14.6 Å². The van der Waals surface area contributed by atoms with Crippen LogP contribution >= 0.6 is 0 Å². The average molecular weight is 356 g/mol. The molecule has 0 aliphatic carbocycles. The summed E-state index contributed by atoms with van der Waals surface area (Å²) in [6.07, 6.45) is 0.687. The maximum absolute atomic E-state index is 12.4. The number of fused-ring (bicyclic) bond motifs is 1. The number of carbonyl (C=O) groups excluding carboxylic acids is 1. The van der Waals surface area contributed by atoms with Crippen molar-refractivity contribution in [2.45, 2.75) is 24.7 Å². The fourth-order valence-corrected chi connectivity index (χ4v) is 3.49. The lowest BCUT2D eigenvalue weighted by molar-refractivity contribution is -0.120. The van der Waals surface area contributed by atoms with Crippen molar-refractivity contribution in [2.75, 3.05) is 38.6 Å². The van der Waals surface area contributed by atoms with Crippen LogP contribution in [0.4, 0.5) is 0 Å². The Hall–Kier alpha value is -1.80. The molecule has 0 atom stereocenters. The van der Waals surface area contributed by atoms with Crippen LogP contribution in [0.25, 0.3) is 0 Å². The van der Waals surface area contributed by atoms with Gasteiger partial charge in [0.15, 0.2) is 21.3 Å². The molecule has 1 aromatic carbocycles. The van der Waals surface area contributed by atoms with Crippen molar-refractivity contribution in [3.63, 3.8) is 0 Å². The van der Waals surface area contributed by atoms with Crippen LogP contribution in [0.3, 0.4) is 0 Å². The molecule has 0 bridgehead atoms. The lowest BCUT2D eigenvalue weighted by Crippen LogP contribution is -2.32. The highest BCUT2D eigenvalue weighted by Gasteiger charge is 2.20. The van der Waals surface area contributed by atoms with Gasteiger partial charge in [-0.1, -0.05) is 6.92 Å². The standard InChI is InChI=1S/C16H24N2O5S/c1-2-17-7-8-18-16(19)6-11-24(20,21)13-4-5-14-15(12-13)23-10-3-9-22-14/h4-5,12,17H,2-3,6-11H2,1H3,(H,18,19). The second-order valence-electron chi connectivity index (χ2n) is 5.43. The number of hydrogen-bond donors (Lipinski definition) is 2. The quantitative estimate of drug-likeness (QED) is 0.667. The Morgan fingerprint density at radius 3 is 2.67 bits per heavy atom. The molecule has 0 radical (unpaired) electrons. The first-order chi connectivity index (χ1) is 11.5. The molecule has 0 unspecified atom stereocenters. The second-order valence-corrected chi connectivity index (χ2v) is 7.54. The van der Waals surface area contributed by atoms with Gasteiger partial charge in [0.2, 0.25) is 5.91 Å². The third-order valence-corrected chi connectivity index (χ3v) is 5.26. The highest BCUT2D eigenvalue weighted by molar-refractivity contribution is 7.91. The summed E-state index contributed by atoms with van der Waals surface area (Å²) in [4.78, 5) is 11.9. The highest BCUT2D eigenvalue weighted by atomic mass is 32.2. The van der Waals surface area contributed by atoms with E-state index in [-0.39, 0.29) is 23.0 Å². The molecule has 0 saturated carbocycles. The van der Waals surface area contributed by atoms with Gasteiger partial charge in [-0.25, -0.2) is 8.42 Å². The smallest absolute Gasteiger partial charge is 0.221 e. The minimum Gasteiger partial charge on any atom is -0.490 e. The molecule has 0 spiro atoms. The molecule has 8 heteroatoms. The Morgan fingerprint density at radius 2 is 1.92 bits per heavy atom. The summed E-state index contributed by atoms with van der Waals surface area (Å²) in [6, 6.07) is 4.56. The third-order valence-electron chi connectivity index (χ3n) is 3.55. The van der Waals surface area contributed by atoms with Crippen molar-refractivity contribution in [3.8, 4) is 11.5 Å². The van der Waals surface area contributed by atoms with Crippen LogP contribution in [0, 0.1) is 0 Å². The number of nitrogens with one attached hydrogen (secondary N) is 2. The van der Waals surface area contributed by atoms with Crippen LogP contribution in [0.1, 0.15) is 19.8 Å². The molecular formula is C16H24N2O5S. The normalized spacial score (nSPS) is 14.0. The van der Waals surface area contributed by atoms with Crippen molar-refractivity contribution >= 4 is 15.7 Å². The van der Waals surface area contributed by atoms with Crippen LogP contribution in [0.2, 0.25) is 0 Å². The number of benzene rings is 1. The van der Waals surface area contributed by atoms with E-state index >= 15 is 0 Å². The summed E-state index contributed by atoms with van der Waals surface area (Å²) in [5.74, 6) is 0.474. The van der Waals surface area contributed by atoms with E-state index in [0.717, 1.165) is 13.0 Å². The molecule has 7 nitrogen and oxygen atoms in total. The summed E-state index contributed by atoms with van der Waals surface area (Å²) in [7, 11) is -3.55. The average Bonchev–Trinajstić information content (AvgIpc) is 2.81. The number of hydrogen-bond acceptors (Lipinski definition) is 6. The Morgan fingerprint density at radius 1 is 1.17 bits per heavy atom. The number of sulfone groups is 1. The van der Waals surface area contributed by atoms with Gasteiger partial charge in [-0.15, -0.1) is 0 Å². The number of ether oxygens (including phenoxy) is 2. The van der Waals surface area contributed by atoms with Gasteiger partial charge in [0.05, 0.1) is 23.9 Å². The summed E-state index contributed by atoms with van der Waals surface area (Å²) in [6.45, 7) is 4.99. The third kappa shape index (κ3) is 5.38. The van der Waals surface area contributed by atoms with Crippen LogP contribution in [0.5, 0.6) is 11.5 Å². The van der Waals surface area contributed by atoms with Gasteiger partial charge in [0, 0.05) is 32.0 Å². The van der Waals surface area contributed by atoms with Gasteiger partial charge in [-0.05, 0) is 18.7 Å². The number of likely N-dealkylation sites (N-methyl/N-ethyl adjacent to an activating group) is 1. The molecule has 1 amide bonds. The van der Waals surface area contributed by atoms with Crippen molar-refractivity contribution in [2.24, 2.45) is 0 Å². The van der Waals surface area contributed by atoms with Gasteiger partial charge in [-0.3, -0.25) is 4.79 Å².